The van der Waals surface area contributed by atoms with Crippen molar-refractivity contribution in [3.05, 3.63) is 29.8 Å². The molecule has 1 aromatic carbocycles. The molecule has 0 unspecified atom stereocenters. The van der Waals surface area contributed by atoms with Crippen LogP contribution in [-0.2, 0) is 4.79 Å². The Morgan fingerprint density at radius 3 is 2.81 bits per heavy atom. The lowest BCUT2D eigenvalue weighted by atomic mass is 10.3. The van der Waals surface area contributed by atoms with Crippen molar-refractivity contribution in [1.29, 1.82) is 0 Å². The molecule has 84 valence electrons. The van der Waals surface area contributed by atoms with Crippen LogP contribution < -0.4 is 14.2 Å². The summed E-state index contributed by atoms with van der Waals surface area (Å²) < 4.78 is 15.4. The number of benzene rings is 1. The monoisotopic (exact) mass is 220 g/mol. The van der Waals surface area contributed by atoms with Crippen LogP contribution in [0.15, 0.2) is 29.8 Å². The minimum atomic E-state index is -0.390. The summed E-state index contributed by atoms with van der Waals surface area (Å²) in [6, 6.07) is 5.02. The van der Waals surface area contributed by atoms with Crippen molar-refractivity contribution in [2.75, 3.05) is 6.79 Å². The van der Waals surface area contributed by atoms with E-state index in [1.807, 2.05) is 13.8 Å². The second-order valence-corrected chi connectivity index (χ2v) is 3.66. The van der Waals surface area contributed by atoms with Gasteiger partial charge in [-0.1, -0.05) is 5.57 Å². The lowest BCUT2D eigenvalue weighted by Crippen LogP contribution is -2.04. The molecule has 1 aliphatic heterocycles. The Kier molecular flexibility index (Phi) is 2.81. The lowest BCUT2D eigenvalue weighted by Gasteiger charge is -2.02. The summed E-state index contributed by atoms with van der Waals surface area (Å²) in [5, 5.41) is 0. The highest BCUT2D eigenvalue weighted by Gasteiger charge is 2.14. The first-order valence-electron chi connectivity index (χ1n) is 4.91. The van der Waals surface area contributed by atoms with Gasteiger partial charge in [-0.3, -0.25) is 0 Å². The van der Waals surface area contributed by atoms with E-state index in [9.17, 15) is 4.79 Å². The number of rotatable bonds is 2. The van der Waals surface area contributed by atoms with Crippen molar-refractivity contribution < 1.29 is 19.0 Å². The fraction of sp³-hybridized carbons (Fsp3) is 0.250. The summed E-state index contributed by atoms with van der Waals surface area (Å²) in [6.07, 6.45) is 1.44. The van der Waals surface area contributed by atoms with E-state index in [0.29, 0.717) is 17.2 Å². The second-order valence-electron chi connectivity index (χ2n) is 3.66. The highest BCUT2D eigenvalue weighted by Crippen LogP contribution is 2.35. The van der Waals surface area contributed by atoms with E-state index in [2.05, 4.69) is 0 Å². The van der Waals surface area contributed by atoms with Gasteiger partial charge in [-0.15, -0.1) is 0 Å². The van der Waals surface area contributed by atoms with Crippen LogP contribution in [-0.4, -0.2) is 12.8 Å². The number of hydrogen-bond donors (Lipinski definition) is 0. The van der Waals surface area contributed by atoms with Gasteiger partial charge < -0.3 is 14.2 Å². The number of ether oxygens (including phenoxy) is 3. The predicted octanol–water partition coefficient (Wildman–Crippen LogP) is 2.29. The van der Waals surface area contributed by atoms with Gasteiger partial charge in [0.2, 0.25) is 6.79 Å². The van der Waals surface area contributed by atoms with Crippen molar-refractivity contribution >= 4 is 5.97 Å². The van der Waals surface area contributed by atoms with Gasteiger partial charge >= 0.3 is 5.97 Å². The molecule has 4 heteroatoms. The van der Waals surface area contributed by atoms with Gasteiger partial charge in [-0.05, 0) is 26.0 Å². The maximum absolute atomic E-state index is 11.4. The average molecular weight is 220 g/mol. The third-order valence-electron chi connectivity index (χ3n) is 1.97. The predicted molar refractivity (Wildman–Crippen MR) is 57.6 cm³/mol. The number of carbonyl (C=O) groups excluding carboxylic acids is 1. The molecule has 2 rings (SSSR count). The third kappa shape index (κ3) is 2.34. The summed E-state index contributed by atoms with van der Waals surface area (Å²) >= 11 is 0. The molecule has 16 heavy (non-hydrogen) atoms. The lowest BCUT2D eigenvalue weighted by molar-refractivity contribution is -0.129. The fourth-order valence-electron chi connectivity index (χ4n) is 1.32. The maximum atomic E-state index is 11.4. The van der Waals surface area contributed by atoms with E-state index in [4.69, 9.17) is 14.2 Å². The van der Waals surface area contributed by atoms with Crippen LogP contribution >= 0.6 is 0 Å². The average Bonchev–Trinajstić information content (AvgIpc) is 2.63. The molecule has 0 fully saturated rings. The Morgan fingerprint density at radius 2 is 2.06 bits per heavy atom. The van der Waals surface area contributed by atoms with Gasteiger partial charge in [0.1, 0.15) is 5.75 Å². The zero-order valence-electron chi connectivity index (χ0n) is 9.15. The third-order valence-corrected chi connectivity index (χ3v) is 1.97. The van der Waals surface area contributed by atoms with Crippen molar-refractivity contribution in [2.24, 2.45) is 0 Å². The van der Waals surface area contributed by atoms with E-state index in [0.717, 1.165) is 5.57 Å². The molecule has 1 heterocycles. The van der Waals surface area contributed by atoms with E-state index in [1.165, 1.54) is 6.08 Å². The SMILES string of the molecule is CC(C)=CC(=O)Oc1ccc2c(c1)OCO2. The molecule has 1 aliphatic rings. The van der Waals surface area contributed by atoms with Gasteiger partial charge in [0, 0.05) is 12.1 Å². The molecule has 0 aliphatic carbocycles. The first-order chi connectivity index (χ1) is 7.65. The van der Waals surface area contributed by atoms with Crippen molar-refractivity contribution in [3.8, 4) is 17.2 Å². The topological polar surface area (TPSA) is 44.8 Å². The molecule has 0 N–H and O–H groups in total. The van der Waals surface area contributed by atoms with Crippen LogP contribution in [0.4, 0.5) is 0 Å². The Hall–Kier alpha value is -1.97. The molecular formula is C12H12O4. The standard InChI is InChI=1S/C12H12O4/c1-8(2)5-12(13)16-9-3-4-10-11(6-9)15-7-14-10/h3-6H,7H2,1-2H3. The van der Waals surface area contributed by atoms with Crippen LogP contribution in [0.1, 0.15) is 13.8 Å². The van der Waals surface area contributed by atoms with Crippen LogP contribution in [0.5, 0.6) is 17.2 Å². The first-order valence-corrected chi connectivity index (χ1v) is 4.91. The fourth-order valence-corrected chi connectivity index (χ4v) is 1.32. The second kappa shape index (κ2) is 4.26. The normalized spacial score (nSPS) is 12.1. The van der Waals surface area contributed by atoms with E-state index in [-0.39, 0.29) is 12.8 Å². The maximum Gasteiger partial charge on any atom is 0.336 e. The van der Waals surface area contributed by atoms with Gasteiger partial charge in [-0.25, -0.2) is 4.79 Å². The molecule has 0 aromatic heterocycles. The van der Waals surface area contributed by atoms with Crippen LogP contribution in [0.25, 0.3) is 0 Å². The quantitative estimate of drug-likeness (QED) is 0.435. The van der Waals surface area contributed by atoms with Gasteiger partial charge in [-0.2, -0.15) is 0 Å². The molecule has 0 amide bonds. The molecule has 1 aromatic rings. The van der Waals surface area contributed by atoms with E-state index < -0.39 is 0 Å². The molecule has 0 saturated carbocycles. The van der Waals surface area contributed by atoms with E-state index >= 15 is 0 Å². The Bertz CT molecular complexity index is 444. The van der Waals surface area contributed by atoms with Crippen LogP contribution in [0.2, 0.25) is 0 Å². The summed E-state index contributed by atoms with van der Waals surface area (Å²) in [7, 11) is 0. The first kappa shape index (κ1) is 10.5. The largest absolute Gasteiger partial charge is 0.454 e. The summed E-state index contributed by atoms with van der Waals surface area (Å²) in [4.78, 5) is 11.4. The Balaban J connectivity index is 2.11. The zero-order valence-corrected chi connectivity index (χ0v) is 9.15. The Morgan fingerprint density at radius 1 is 1.31 bits per heavy atom. The zero-order chi connectivity index (χ0) is 11.5. The number of fused-ring (bicyclic) bond motifs is 1. The molecule has 0 bridgehead atoms. The van der Waals surface area contributed by atoms with Gasteiger partial charge in [0.15, 0.2) is 11.5 Å². The van der Waals surface area contributed by atoms with E-state index in [1.54, 1.807) is 18.2 Å². The summed E-state index contributed by atoms with van der Waals surface area (Å²) in [5.41, 5.74) is 0.894. The summed E-state index contributed by atoms with van der Waals surface area (Å²) in [5.74, 6) is 1.33. The highest BCUT2D eigenvalue weighted by atomic mass is 16.7. The van der Waals surface area contributed by atoms with Crippen LogP contribution in [0, 0.1) is 0 Å². The van der Waals surface area contributed by atoms with Crippen molar-refractivity contribution in [3.63, 3.8) is 0 Å². The number of hydrogen-bond acceptors (Lipinski definition) is 4. The van der Waals surface area contributed by atoms with Gasteiger partial charge in [0.05, 0.1) is 0 Å². The molecule has 0 saturated heterocycles. The number of esters is 1. The minimum absolute atomic E-state index is 0.209. The Labute approximate surface area is 93.4 Å². The summed E-state index contributed by atoms with van der Waals surface area (Å²) in [6.45, 7) is 3.88. The van der Waals surface area contributed by atoms with Crippen LogP contribution in [0.3, 0.4) is 0 Å². The smallest absolute Gasteiger partial charge is 0.336 e. The van der Waals surface area contributed by atoms with Crippen molar-refractivity contribution in [1.82, 2.24) is 0 Å². The number of carbonyl (C=O) groups is 1. The van der Waals surface area contributed by atoms with Crippen molar-refractivity contribution in [2.45, 2.75) is 13.8 Å². The molecule has 0 spiro atoms. The molecule has 4 nitrogen and oxygen atoms in total. The minimum Gasteiger partial charge on any atom is -0.454 e. The highest BCUT2D eigenvalue weighted by molar-refractivity contribution is 5.84. The molecular weight excluding hydrogens is 208 g/mol. The van der Waals surface area contributed by atoms with Gasteiger partial charge in [0.25, 0.3) is 0 Å². The number of allylic oxidation sites excluding steroid dienone is 1. The molecule has 0 atom stereocenters. The molecule has 0 radical (unpaired) electrons.